The van der Waals surface area contributed by atoms with Gasteiger partial charge in [0.15, 0.2) is 0 Å². The fourth-order valence-corrected chi connectivity index (χ4v) is 3.55. The maximum Gasteiger partial charge on any atom is 0.231 e. The van der Waals surface area contributed by atoms with Crippen LogP contribution in [0.3, 0.4) is 0 Å². The van der Waals surface area contributed by atoms with Crippen molar-refractivity contribution in [3.05, 3.63) is 71.2 Å². The number of hydrogen-bond acceptors (Lipinski definition) is 6. The van der Waals surface area contributed by atoms with Crippen LogP contribution in [0.25, 0.3) is 0 Å². The molecule has 0 aliphatic carbocycles. The quantitative estimate of drug-likeness (QED) is 0.690. The van der Waals surface area contributed by atoms with E-state index in [9.17, 15) is 4.79 Å². The van der Waals surface area contributed by atoms with Gasteiger partial charge in [0, 0.05) is 19.3 Å². The zero-order chi connectivity index (χ0) is 20.2. The van der Waals surface area contributed by atoms with E-state index < -0.39 is 11.8 Å². The highest BCUT2D eigenvalue weighted by atomic mass is 16.1. The molecule has 1 atom stereocenters. The lowest BCUT2D eigenvalue weighted by Crippen LogP contribution is -2.24. The van der Waals surface area contributed by atoms with E-state index in [2.05, 4.69) is 26.2 Å². The van der Waals surface area contributed by atoms with Gasteiger partial charge in [-0.3, -0.25) is 4.79 Å². The van der Waals surface area contributed by atoms with E-state index >= 15 is 0 Å². The summed E-state index contributed by atoms with van der Waals surface area (Å²) in [5, 5.41) is 17.6. The molecule has 2 N–H and O–H groups in total. The van der Waals surface area contributed by atoms with Crippen molar-refractivity contribution in [1.82, 2.24) is 20.0 Å². The molecule has 8 nitrogen and oxygen atoms in total. The first kappa shape index (κ1) is 18.6. The molecule has 1 saturated heterocycles. The number of nitriles is 1. The van der Waals surface area contributed by atoms with Gasteiger partial charge in [0.05, 0.1) is 30.1 Å². The minimum absolute atomic E-state index is 0.434. The molecular weight excluding hydrogens is 366 g/mol. The van der Waals surface area contributed by atoms with Gasteiger partial charge in [0.1, 0.15) is 11.7 Å². The Morgan fingerprint density at radius 3 is 2.52 bits per heavy atom. The minimum Gasteiger partial charge on any atom is -0.369 e. The van der Waals surface area contributed by atoms with Crippen LogP contribution in [0.5, 0.6) is 0 Å². The second kappa shape index (κ2) is 8.10. The summed E-state index contributed by atoms with van der Waals surface area (Å²) in [4.78, 5) is 20.4. The standard InChI is InChI=1S/C21H21N7O/c22-11-15-3-5-16(6-4-15)14-28-25-13-18(26-28)20(21(23)29)17-7-8-19(24-12-17)27-9-1-2-10-27/h3-8,12-13,20H,1-2,9-10,14H2,(H2,23,29). The number of hydrogen-bond donors (Lipinski definition) is 1. The molecule has 0 radical (unpaired) electrons. The van der Waals surface area contributed by atoms with E-state index in [-0.39, 0.29) is 0 Å². The van der Waals surface area contributed by atoms with Gasteiger partial charge in [-0.05, 0) is 42.2 Å². The van der Waals surface area contributed by atoms with Crippen molar-refractivity contribution in [2.45, 2.75) is 25.3 Å². The number of nitrogens with zero attached hydrogens (tertiary/aromatic N) is 6. The summed E-state index contributed by atoms with van der Waals surface area (Å²) >= 11 is 0. The first-order chi connectivity index (χ1) is 14.1. The normalized spacial score (nSPS) is 14.5. The lowest BCUT2D eigenvalue weighted by Gasteiger charge is -2.17. The summed E-state index contributed by atoms with van der Waals surface area (Å²) in [5.74, 6) is -0.282. The van der Waals surface area contributed by atoms with Gasteiger partial charge < -0.3 is 10.6 Å². The van der Waals surface area contributed by atoms with E-state index in [0.29, 0.717) is 23.4 Å². The van der Waals surface area contributed by atoms with Crippen LogP contribution in [-0.2, 0) is 11.3 Å². The summed E-state index contributed by atoms with van der Waals surface area (Å²) in [7, 11) is 0. The van der Waals surface area contributed by atoms with E-state index in [1.807, 2.05) is 24.3 Å². The fraction of sp³-hybridized carbons (Fsp3) is 0.286. The SMILES string of the molecule is N#Cc1ccc(Cn2ncc(C(C(N)=O)c3ccc(N4CCCC4)nc3)n2)cc1. The van der Waals surface area contributed by atoms with Crippen LogP contribution < -0.4 is 10.6 Å². The number of anilines is 1. The molecule has 146 valence electrons. The van der Waals surface area contributed by atoms with Crippen molar-refractivity contribution >= 4 is 11.7 Å². The third-order valence-electron chi connectivity index (χ3n) is 5.08. The highest BCUT2D eigenvalue weighted by Gasteiger charge is 2.24. The third kappa shape index (κ3) is 4.09. The Hall–Kier alpha value is -3.73. The number of pyridine rings is 1. The molecular formula is C21H21N7O. The van der Waals surface area contributed by atoms with Gasteiger partial charge >= 0.3 is 0 Å². The number of benzene rings is 1. The number of aromatic nitrogens is 4. The topological polar surface area (TPSA) is 114 Å². The fourth-order valence-electron chi connectivity index (χ4n) is 3.55. The first-order valence-corrected chi connectivity index (χ1v) is 9.53. The van der Waals surface area contributed by atoms with Crippen LogP contribution in [0.4, 0.5) is 5.82 Å². The summed E-state index contributed by atoms with van der Waals surface area (Å²) in [6.45, 7) is 2.45. The molecule has 1 amide bonds. The van der Waals surface area contributed by atoms with Crippen LogP contribution in [0.2, 0.25) is 0 Å². The molecule has 0 spiro atoms. The average molecular weight is 387 g/mol. The summed E-state index contributed by atoms with van der Waals surface area (Å²) in [6.07, 6.45) is 5.61. The first-order valence-electron chi connectivity index (χ1n) is 9.53. The van der Waals surface area contributed by atoms with Crippen molar-refractivity contribution in [2.24, 2.45) is 5.73 Å². The molecule has 8 heteroatoms. The van der Waals surface area contributed by atoms with Crippen molar-refractivity contribution in [3.8, 4) is 6.07 Å². The van der Waals surface area contributed by atoms with Gasteiger partial charge in [0.25, 0.3) is 0 Å². The lowest BCUT2D eigenvalue weighted by molar-refractivity contribution is -0.118. The zero-order valence-corrected chi connectivity index (χ0v) is 15.9. The highest BCUT2D eigenvalue weighted by Crippen LogP contribution is 2.25. The molecule has 1 fully saturated rings. The zero-order valence-electron chi connectivity index (χ0n) is 15.9. The molecule has 3 heterocycles. The molecule has 1 aliphatic heterocycles. The Balaban J connectivity index is 1.53. The molecule has 1 aromatic carbocycles. The molecule has 2 aromatic heterocycles. The van der Waals surface area contributed by atoms with Crippen molar-refractivity contribution in [2.75, 3.05) is 18.0 Å². The van der Waals surface area contributed by atoms with Gasteiger partial charge in [-0.15, -0.1) is 0 Å². The minimum atomic E-state index is -0.704. The van der Waals surface area contributed by atoms with Crippen LogP contribution in [0.15, 0.2) is 48.8 Å². The number of amides is 1. The predicted octanol–water partition coefficient (Wildman–Crippen LogP) is 1.81. The number of carbonyl (C=O) groups is 1. The van der Waals surface area contributed by atoms with Gasteiger partial charge in [0.2, 0.25) is 5.91 Å². The van der Waals surface area contributed by atoms with E-state index in [1.54, 1.807) is 24.5 Å². The molecule has 29 heavy (non-hydrogen) atoms. The lowest BCUT2D eigenvalue weighted by atomic mass is 9.97. The molecule has 3 aromatic rings. The Morgan fingerprint density at radius 2 is 1.90 bits per heavy atom. The van der Waals surface area contributed by atoms with E-state index in [4.69, 9.17) is 11.0 Å². The molecule has 4 rings (SSSR count). The van der Waals surface area contributed by atoms with E-state index in [0.717, 1.165) is 24.5 Å². The second-order valence-corrected chi connectivity index (χ2v) is 7.09. The maximum absolute atomic E-state index is 12.2. The van der Waals surface area contributed by atoms with Crippen LogP contribution in [0, 0.1) is 11.3 Å². The Kier molecular flexibility index (Phi) is 5.20. The molecule has 0 bridgehead atoms. The Morgan fingerprint density at radius 1 is 1.14 bits per heavy atom. The van der Waals surface area contributed by atoms with Gasteiger partial charge in [-0.25, -0.2) is 4.98 Å². The second-order valence-electron chi connectivity index (χ2n) is 7.09. The monoisotopic (exact) mass is 387 g/mol. The third-order valence-corrected chi connectivity index (χ3v) is 5.08. The van der Waals surface area contributed by atoms with Crippen LogP contribution in [0.1, 0.15) is 41.1 Å². The summed E-state index contributed by atoms with van der Waals surface area (Å²) in [6, 6.07) is 13.1. The van der Waals surface area contributed by atoms with Crippen molar-refractivity contribution in [3.63, 3.8) is 0 Å². The number of primary amides is 1. The number of rotatable bonds is 6. The van der Waals surface area contributed by atoms with Crippen LogP contribution in [-0.4, -0.2) is 39.0 Å². The molecule has 1 aliphatic rings. The molecule has 1 unspecified atom stereocenters. The Labute approximate surface area is 168 Å². The van der Waals surface area contributed by atoms with Gasteiger partial charge in [-0.1, -0.05) is 18.2 Å². The highest BCUT2D eigenvalue weighted by molar-refractivity contribution is 5.84. The largest absolute Gasteiger partial charge is 0.369 e. The molecule has 0 saturated carbocycles. The number of nitrogens with two attached hydrogens (primary N) is 1. The van der Waals surface area contributed by atoms with Crippen LogP contribution >= 0.6 is 0 Å². The smallest absolute Gasteiger partial charge is 0.231 e. The number of carbonyl (C=O) groups excluding carboxylic acids is 1. The van der Waals surface area contributed by atoms with E-state index in [1.165, 1.54) is 17.6 Å². The van der Waals surface area contributed by atoms with Crippen molar-refractivity contribution in [1.29, 1.82) is 5.26 Å². The van der Waals surface area contributed by atoms with Crippen molar-refractivity contribution < 1.29 is 4.79 Å². The van der Waals surface area contributed by atoms with Gasteiger partial charge in [-0.2, -0.15) is 20.3 Å². The Bertz CT molecular complexity index is 1030. The average Bonchev–Trinajstić information content (AvgIpc) is 3.42. The predicted molar refractivity (Wildman–Crippen MR) is 107 cm³/mol. The summed E-state index contributed by atoms with van der Waals surface area (Å²) < 4.78 is 0. The maximum atomic E-state index is 12.2. The summed E-state index contributed by atoms with van der Waals surface area (Å²) in [5.41, 5.74) is 8.41.